The van der Waals surface area contributed by atoms with Crippen molar-refractivity contribution in [2.24, 2.45) is 0 Å². The minimum absolute atomic E-state index is 0.437. The molecule has 0 saturated carbocycles. The molecule has 0 saturated heterocycles. The highest BCUT2D eigenvalue weighted by Gasteiger charge is 2.29. The van der Waals surface area contributed by atoms with Gasteiger partial charge in [-0.1, -0.05) is 23.9 Å². The average Bonchev–Trinajstić information content (AvgIpc) is 2.45. The van der Waals surface area contributed by atoms with E-state index in [1.165, 1.54) is 17.8 Å². The number of carbonyl (C=O) groups is 1. The van der Waals surface area contributed by atoms with Crippen LogP contribution in [0.15, 0.2) is 40.6 Å². The van der Waals surface area contributed by atoms with Gasteiger partial charge in [0.1, 0.15) is 0 Å². The van der Waals surface area contributed by atoms with E-state index in [2.05, 4.69) is 5.32 Å². The fourth-order valence-electron chi connectivity index (χ4n) is 1.62. The summed E-state index contributed by atoms with van der Waals surface area (Å²) in [6.45, 7) is 2.73. The highest BCUT2D eigenvalue weighted by atomic mass is 32.2. The van der Waals surface area contributed by atoms with Gasteiger partial charge in [-0.25, -0.2) is 8.78 Å². The largest absolute Gasteiger partial charge is 0.350 e. The molecule has 0 atom stereocenters. The molecule has 0 radical (unpaired) electrons. The Balaban J connectivity index is 2.77. The van der Waals surface area contributed by atoms with Crippen LogP contribution in [-0.4, -0.2) is 18.9 Å². The van der Waals surface area contributed by atoms with Gasteiger partial charge in [-0.3, -0.25) is 4.79 Å². The Bertz CT molecular complexity index is 548. The monoisotopic (exact) mass is 310 g/mol. The average molecular weight is 310 g/mol. The quantitative estimate of drug-likeness (QED) is 0.646. The normalized spacial score (nSPS) is 11.6. The molecule has 21 heavy (non-hydrogen) atoms. The van der Waals surface area contributed by atoms with E-state index in [4.69, 9.17) is 5.26 Å². The van der Waals surface area contributed by atoms with Gasteiger partial charge in [-0.15, -0.1) is 0 Å². The van der Waals surface area contributed by atoms with Crippen molar-refractivity contribution in [1.29, 1.82) is 5.26 Å². The first-order chi connectivity index (χ1) is 9.87. The van der Waals surface area contributed by atoms with Crippen molar-refractivity contribution in [3.05, 3.63) is 41.3 Å². The molecule has 0 spiro atoms. The first-order valence-electron chi connectivity index (χ1n) is 6.26. The van der Waals surface area contributed by atoms with Crippen molar-refractivity contribution in [2.45, 2.75) is 30.6 Å². The summed E-state index contributed by atoms with van der Waals surface area (Å²) in [5.74, 6) is -0.437. The van der Waals surface area contributed by atoms with Gasteiger partial charge in [0.25, 0.3) is 6.43 Å². The van der Waals surface area contributed by atoms with Crippen LogP contribution in [0.1, 0.15) is 19.4 Å². The Hall–Kier alpha value is -1.87. The number of thioether (sulfide) groups is 1. The lowest BCUT2D eigenvalue weighted by Gasteiger charge is -2.24. The summed E-state index contributed by atoms with van der Waals surface area (Å²) in [6.07, 6.45) is -1.18. The molecule has 3 nitrogen and oxygen atoms in total. The fraction of sp³-hybridized carbons (Fsp3) is 0.333. The molecule has 0 unspecified atom stereocenters. The summed E-state index contributed by atoms with van der Waals surface area (Å²) in [7, 11) is 0. The van der Waals surface area contributed by atoms with Crippen molar-refractivity contribution >= 4 is 17.7 Å². The minimum Gasteiger partial charge on any atom is -0.350 e. The zero-order chi connectivity index (χ0) is 15.9. The smallest absolute Gasteiger partial charge is 0.255 e. The van der Waals surface area contributed by atoms with Gasteiger partial charge < -0.3 is 5.32 Å². The molecule has 0 aliphatic rings. The Morgan fingerprint density at radius 3 is 2.57 bits per heavy atom. The van der Waals surface area contributed by atoms with Crippen LogP contribution in [0.2, 0.25) is 0 Å². The number of nitriles is 1. The van der Waals surface area contributed by atoms with Crippen molar-refractivity contribution in [3.8, 4) is 6.07 Å². The molecule has 0 aliphatic carbocycles. The van der Waals surface area contributed by atoms with E-state index in [0.29, 0.717) is 0 Å². The fourth-order valence-corrected chi connectivity index (χ4v) is 2.19. The van der Waals surface area contributed by atoms with E-state index < -0.39 is 24.3 Å². The number of nitrogens with zero attached hydrogens (tertiary/aromatic N) is 1. The standard InChI is InChI=1S/C15H16F2N2OS/c1-15(2,14(20)19-10-13(16)17)11-4-6-12(7-5-11)21-9-3-8-18/h3-7,9,13H,10H2,1-2H3,(H,19,20)/b9-3+. The second kappa shape index (κ2) is 7.79. The number of benzene rings is 1. The van der Waals surface area contributed by atoms with Crippen LogP contribution in [0.4, 0.5) is 8.78 Å². The first-order valence-corrected chi connectivity index (χ1v) is 7.14. The summed E-state index contributed by atoms with van der Waals surface area (Å²) >= 11 is 1.38. The van der Waals surface area contributed by atoms with Crippen LogP contribution in [0, 0.1) is 11.3 Å². The van der Waals surface area contributed by atoms with Gasteiger partial charge >= 0.3 is 0 Å². The number of carbonyl (C=O) groups excluding carboxylic acids is 1. The molecule has 0 heterocycles. The van der Waals surface area contributed by atoms with Crippen LogP contribution in [0.3, 0.4) is 0 Å². The van der Waals surface area contributed by atoms with E-state index in [9.17, 15) is 13.6 Å². The zero-order valence-electron chi connectivity index (χ0n) is 11.8. The summed E-state index contributed by atoms with van der Waals surface area (Å²) in [6, 6.07) is 9.11. The molecular formula is C15H16F2N2OS. The van der Waals surface area contributed by atoms with Gasteiger partial charge in [0.15, 0.2) is 0 Å². The molecule has 0 bridgehead atoms. The number of hydrogen-bond donors (Lipinski definition) is 1. The molecular weight excluding hydrogens is 294 g/mol. The second-order valence-corrected chi connectivity index (χ2v) is 5.78. The van der Waals surface area contributed by atoms with Gasteiger partial charge in [0.2, 0.25) is 5.91 Å². The molecule has 1 N–H and O–H groups in total. The third-order valence-electron chi connectivity index (χ3n) is 2.91. The lowest BCUT2D eigenvalue weighted by molar-refractivity contribution is -0.126. The van der Waals surface area contributed by atoms with Crippen LogP contribution >= 0.6 is 11.8 Å². The number of nitrogens with one attached hydrogen (secondary N) is 1. The number of amides is 1. The van der Waals surface area contributed by atoms with Crippen LogP contribution < -0.4 is 5.32 Å². The maximum Gasteiger partial charge on any atom is 0.255 e. The summed E-state index contributed by atoms with van der Waals surface area (Å²) in [4.78, 5) is 12.9. The molecule has 1 rings (SSSR count). The number of rotatable bonds is 6. The molecule has 1 aromatic rings. The van der Waals surface area contributed by atoms with Crippen LogP contribution in [0.25, 0.3) is 0 Å². The van der Waals surface area contributed by atoms with E-state index >= 15 is 0 Å². The summed E-state index contributed by atoms with van der Waals surface area (Å²) < 4.78 is 24.3. The van der Waals surface area contributed by atoms with E-state index in [0.717, 1.165) is 10.5 Å². The molecule has 0 aromatic heterocycles. The molecule has 0 aliphatic heterocycles. The summed E-state index contributed by atoms with van der Waals surface area (Å²) in [5, 5.41) is 12.3. The van der Waals surface area contributed by atoms with E-state index in [-0.39, 0.29) is 0 Å². The number of allylic oxidation sites excluding steroid dienone is 1. The maximum absolute atomic E-state index is 12.1. The lowest BCUT2D eigenvalue weighted by Crippen LogP contribution is -2.41. The second-order valence-electron chi connectivity index (χ2n) is 4.80. The third-order valence-corrected chi connectivity index (χ3v) is 3.72. The van der Waals surface area contributed by atoms with Gasteiger partial charge in [0.05, 0.1) is 18.0 Å². The molecule has 112 valence electrons. The predicted molar refractivity (Wildman–Crippen MR) is 79.1 cm³/mol. The molecule has 0 fully saturated rings. The van der Waals surface area contributed by atoms with Gasteiger partial charge in [0, 0.05) is 11.0 Å². The highest BCUT2D eigenvalue weighted by Crippen LogP contribution is 2.27. The lowest BCUT2D eigenvalue weighted by atomic mass is 9.84. The number of alkyl halides is 2. The van der Waals surface area contributed by atoms with Crippen LogP contribution in [0.5, 0.6) is 0 Å². The summed E-state index contributed by atoms with van der Waals surface area (Å²) in [5.41, 5.74) is -0.150. The number of halogens is 2. The van der Waals surface area contributed by atoms with Crippen molar-refractivity contribution < 1.29 is 13.6 Å². The highest BCUT2D eigenvalue weighted by molar-refractivity contribution is 8.02. The van der Waals surface area contributed by atoms with Crippen molar-refractivity contribution in [3.63, 3.8) is 0 Å². The third kappa shape index (κ3) is 5.20. The Labute approximate surface area is 127 Å². The van der Waals surface area contributed by atoms with Crippen LogP contribution in [-0.2, 0) is 10.2 Å². The Morgan fingerprint density at radius 1 is 1.43 bits per heavy atom. The van der Waals surface area contributed by atoms with E-state index in [1.807, 2.05) is 18.2 Å². The maximum atomic E-state index is 12.1. The topological polar surface area (TPSA) is 52.9 Å². The first kappa shape index (κ1) is 17.2. The predicted octanol–water partition coefficient (Wildman–Crippen LogP) is 3.47. The minimum atomic E-state index is -2.56. The zero-order valence-corrected chi connectivity index (χ0v) is 12.6. The number of hydrogen-bond acceptors (Lipinski definition) is 3. The molecule has 1 amide bonds. The molecule has 1 aromatic carbocycles. The Morgan fingerprint density at radius 2 is 2.05 bits per heavy atom. The van der Waals surface area contributed by atoms with Gasteiger partial charge in [-0.2, -0.15) is 5.26 Å². The Kier molecular flexibility index (Phi) is 6.38. The molecule has 6 heteroatoms. The SMILES string of the molecule is CC(C)(C(=O)NCC(F)F)c1ccc(S/C=C/C#N)cc1. The van der Waals surface area contributed by atoms with Crippen molar-refractivity contribution in [2.75, 3.05) is 6.54 Å². The van der Waals surface area contributed by atoms with Gasteiger partial charge in [-0.05, 0) is 37.0 Å². The van der Waals surface area contributed by atoms with E-state index in [1.54, 1.807) is 31.4 Å². The van der Waals surface area contributed by atoms with Crippen molar-refractivity contribution in [1.82, 2.24) is 5.32 Å².